The number of hydrogen-bond donors (Lipinski definition) is 4. The minimum atomic E-state index is -1.22. The number of rotatable bonds is 8. The van der Waals surface area contributed by atoms with Crippen LogP contribution in [0.3, 0.4) is 0 Å². The van der Waals surface area contributed by atoms with Crippen LogP contribution in [0.25, 0.3) is 64.6 Å². The quantitative estimate of drug-likeness (QED) is 0.149. The maximum Gasteiger partial charge on any atom is 0.108 e. The third-order valence-corrected chi connectivity index (χ3v) is 9.07. The molecule has 4 N–H and O–H groups in total. The zero-order chi connectivity index (χ0) is 29.2. The van der Waals surface area contributed by atoms with Gasteiger partial charge < -0.3 is 25.2 Å². The average Bonchev–Trinajstić information content (AvgIpc) is 3.05. The van der Waals surface area contributed by atoms with E-state index in [1.165, 1.54) is 0 Å². The first-order valence-corrected chi connectivity index (χ1v) is 14.6. The lowest BCUT2D eigenvalue weighted by Gasteiger charge is -2.24. The number of benzene rings is 8. The molecule has 0 amide bonds. The molecule has 0 heterocycles. The van der Waals surface area contributed by atoms with E-state index in [1.54, 1.807) is 0 Å². The van der Waals surface area contributed by atoms with Crippen molar-refractivity contribution in [2.45, 2.75) is 24.4 Å². The number of aliphatic hydroxyl groups excluding tert-OH is 4. The zero-order valence-electron chi connectivity index (χ0n) is 23.3. The van der Waals surface area contributed by atoms with E-state index < -0.39 is 24.4 Å². The number of aliphatic hydroxyl groups is 4. The topological polar surface area (TPSA) is 90.2 Å². The van der Waals surface area contributed by atoms with Gasteiger partial charge in [0.05, 0.1) is 13.2 Å². The molecule has 0 radical (unpaired) electrons. The molecule has 8 aromatic carbocycles. The van der Waals surface area contributed by atoms with Gasteiger partial charge in [0.25, 0.3) is 0 Å². The van der Waals surface area contributed by atoms with E-state index in [1.807, 2.05) is 60.7 Å². The van der Waals surface area contributed by atoms with Gasteiger partial charge in [-0.3, -0.25) is 0 Å². The molecular weight excluding hydrogens is 536 g/mol. The molecule has 212 valence electrons. The lowest BCUT2D eigenvalue weighted by Crippen LogP contribution is -2.29. The van der Waals surface area contributed by atoms with E-state index in [0.29, 0.717) is 11.1 Å². The van der Waals surface area contributed by atoms with Crippen LogP contribution in [0, 0.1) is 0 Å². The molecule has 4 unspecified atom stereocenters. The molecule has 0 aliphatic rings. The molecule has 5 heteroatoms. The van der Waals surface area contributed by atoms with Crippen molar-refractivity contribution < 1.29 is 25.2 Å². The minimum absolute atomic E-state index is 0.203. The van der Waals surface area contributed by atoms with Crippen LogP contribution < -0.4 is 0 Å². The first-order chi connectivity index (χ1) is 21.0. The summed E-state index contributed by atoms with van der Waals surface area (Å²) in [6.45, 7) is -0.406. The summed E-state index contributed by atoms with van der Waals surface area (Å²) < 4.78 is 5.67. The fraction of sp³-hybridized carbons (Fsp3) is 0.158. The van der Waals surface area contributed by atoms with E-state index in [2.05, 4.69) is 48.5 Å². The molecule has 0 aliphatic carbocycles. The molecule has 8 aromatic rings. The predicted octanol–water partition coefficient (Wildman–Crippen LogP) is 6.99. The second kappa shape index (κ2) is 10.1. The lowest BCUT2D eigenvalue weighted by molar-refractivity contribution is -0.0783. The molecule has 0 aromatic heterocycles. The van der Waals surface area contributed by atoms with Crippen molar-refractivity contribution >= 4 is 64.6 Å². The van der Waals surface area contributed by atoms with Crippen LogP contribution in [0.1, 0.15) is 23.3 Å². The number of hydrogen-bond acceptors (Lipinski definition) is 5. The SMILES string of the molecule is OC(COCC(O)C(O)c1ccc2ccc3cccc4ccc1c2c34)C(O)c1ccc2ccc3cccc4ccc1c2c34. The lowest BCUT2D eigenvalue weighted by atomic mass is 9.89. The van der Waals surface area contributed by atoms with Gasteiger partial charge in [0, 0.05) is 0 Å². The van der Waals surface area contributed by atoms with Crippen LogP contribution in [0.5, 0.6) is 0 Å². The third kappa shape index (κ3) is 4.13. The van der Waals surface area contributed by atoms with Gasteiger partial charge in [-0.2, -0.15) is 0 Å². The van der Waals surface area contributed by atoms with Crippen molar-refractivity contribution in [1.82, 2.24) is 0 Å². The van der Waals surface area contributed by atoms with Crippen molar-refractivity contribution in [2.24, 2.45) is 0 Å². The predicted molar refractivity (Wildman–Crippen MR) is 173 cm³/mol. The van der Waals surface area contributed by atoms with Gasteiger partial charge in [-0.15, -0.1) is 0 Å². The van der Waals surface area contributed by atoms with Crippen molar-refractivity contribution in [1.29, 1.82) is 0 Å². The summed E-state index contributed by atoms with van der Waals surface area (Å²) in [4.78, 5) is 0. The molecule has 0 saturated heterocycles. The summed E-state index contributed by atoms with van der Waals surface area (Å²) >= 11 is 0. The van der Waals surface area contributed by atoms with Crippen molar-refractivity contribution in [2.75, 3.05) is 13.2 Å². The highest BCUT2D eigenvalue weighted by atomic mass is 16.5. The normalized spacial score (nSPS) is 15.3. The fourth-order valence-electron chi connectivity index (χ4n) is 6.94. The summed E-state index contributed by atoms with van der Waals surface area (Å²) in [7, 11) is 0. The van der Waals surface area contributed by atoms with E-state index in [0.717, 1.165) is 64.6 Å². The average molecular weight is 567 g/mol. The molecule has 43 heavy (non-hydrogen) atoms. The van der Waals surface area contributed by atoms with Crippen molar-refractivity contribution in [3.63, 3.8) is 0 Å². The third-order valence-electron chi connectivity index (χ3n) is 9.07. The van der Waals surface area contributed by atoms with E-state index >= 15 is 0 Å². The van der Waals surface area contributed by atoms with Gasteiger partial charge in [-0.25, -0.2) is 0 Å². The Morgan fingerprint density at radius 3 is 1.12 bits per heavy atom. The molecule has 0 bridgehead atoms. The van der Waals surface area contributed by atoms with Gasteiger partial charge >= 0.3 is 0 Å². The van der Waals surface area contributed by atoms with Gasteiger partial charge in [-0.1, -0.05) is 109 Å². The Hall–Kier alpha value is -4.36. The minimum Gasteiger partial charge on any atom is -0.388 e. The molecule has 5 nitrogen and oxygen atoms in total. The van der Waals surface area contributed by atoms with Crippen LogP contribution in [0.2, 0.25) is 0 Å². The highest BCUT2D eigenvalue weighted by Gasteiger charge is 2.25. The Bertz CT molecular complexity index is 2060. The standard InChI is InChI=1S/C38H30O5/c39-31(37(41)29-17-13-25-9-7-21-3-1-5-23-11-15-27(29)35(25)33(21)23)19-43-20-32(40)38(42)30-18-14-26-10-8-22-4-2-6-24-12-16-28(30)36(26)34(22)24/h1-18,31-32,37-42H,19-20H2. The van der Waals surface area contributed by atoms with Crippen LogP contribution in [-0.2, 0) is 4.74 Å². The van der Waals surface area contributed by atoms with Gasteiger partial charge in [-0.05, 0) is 75.8 Å². The molecule has 8 rings (SSSR count). The Morgan fingerprint density at radius 1 is 0.395 bits per heavy atom. The Balaban J connectivity index is 1.01. The van der Waals surface area contributed by atoms with E-state index in [9.17, 15) is 20.4 Å². The van der Waals surface area contributed by atoms with Crippen LogP contribution in [0.4, 0.5) is 0 Å². The van der Waals surface area contributed by atoms with E-state index in [-0.39, 0.29) is 13.2 Å². The highest BCUT2D eigenvalue weighted by molar-refractivity contribution is 6.24. The first kappa shape index (κ1) is 26.3. The molecule has 0 saturated carbocycles. The van der Waals surface area contributed by atoms with Crippen LogP contribution in [-0.4, -0.2) is 45.8 Å². The summed E-state index contributed by atoms with van der Waals surface area (Å²) in [6, 6.07) is 36.5. The second-order valence-corrected chi connectivity index (χ2v) is 11.6. The molecule has 0 aliphatic heterocycles. The van der Waals surface area contributed by atoms with Crippen molar-refractivity contribution in [3.8, 4) is 0 Å². The van der Waals surface area contributed by atoms with Crippen molar-refractivity contribution in [3.05, 3.63) is 120 Å². The highest BCUT2D eigenvalue weighted by Crippen LogP contribution is 2.39. The summed E-state index contributed by atoms with van der Waals surface area (Å²) in [5.41, 5.74) is 1.24. The van der Waals surface area contributed by atoms with Gasteiger partial charge in [0.15, 0.2) is 0 Å². The summed E-state index contributed by atoms with van der Waals surface area (Å²) in [6.07, 6.45) is -4.83. The monoisotopic (exact) mass is 566 g/mol. The largest absolute Gasteiger partial charge is 0.388 e. The molecular formula is C38H30O5. The smallest absolute Gasteiger partial charge is 0.108 e. The van der Waals surface area contributed by atoms with Gasteiger partial charge in [0.1, 0.15) is 24.4 Å². The van der Waals surface area contributed by atoms with E-state index in [4.69, 9.17) is 4.74 Å². The summed E-state index contributed by atoms with van der Waals surface area (Å²) in [5.74, 6) is 0. The summed E-state index contributed by atoms with van der Waals surface area (Å²) in [5, 5.41) is 57.0. The fourth-order valence-corrected chi connectivity index (χ4v) is 6.94. The van der Waals surface area contributed by atoms with Crippen LogP contribution >= 0.6 is 0 Å². The molecule has 0 fully saturated rings. The second-order valence-electron chi connectivity index (χ2n) is 11.6. The van der Waals surface area contributed by atoms with Gasteiger partial charge in [0.2, 0.25) is 0 Å². The maximum absolute atomic E-state index is 11.2. The Labute approximate surface area is 247 Å². The Morgan fingerprint density at radius 2 is 0.721 bits per heavy atom. The first-order valence-electron chi connectivity index (χ1n) is 14.6. The molecule has 0 spiro atoms. The maximum atomic E-state index is 11.2. The Kier molecular flexibility index (Phi) is 6.19. The zero-order valence-corrected chi connectivity index (χ0v) is 23.3. The number of ether oxygens (including phenoxy) is 1. The molecule has 4 atom stereocenters. The van der Waals surface area contributed by atoms with Crippen LogP contribution in [0.15, 0.2) is 109 Å².